The summed E-state index contributed by atoms with van der Waals surface area (Å²) in [6, 6.07) is 27.2. The predicted octanol–water partition coefficient (Wildman–Crippen LogP) is 10.4. The molecule has 0 amide bonds. The topological polar surface area (TPSA) is 19.4 Å². The van der Waals surface area contributed by atoms with Crippen LogP contribution in [0.3, 0.4) is 0 Å². The third kappa shape index (κ3) is 11.2. The van der Waals surface area contributed by atoms with Crippen LogP contribution >= 0.6 is 0 Å². The molecule has 3 nitrogen and oxygen atoms in total. The van der Waals surface area contributed by atoms with E-state index < -0.39 is 0 Å². The summed E-state index contributed by atoms with van der Waals surface area (Å²) in [5, 5.41) is 0. The van der Waals surface area contributed by atoms with Crippen molar-refractivity contribution < 1.29 is 0 Å². The molecule has 0 aliphatic heterocycles. The SMILES string of the molecule is C=C.CC.CC.CC/C=C\C=C/CN(C1=CCC#CC=C1)C(c1ccccn1)N(c1ccccc1)c1ccccc1. The first-order valence-electron chi connectivity index (χ1n) is 14.6. The molecular formula is C38H47N3. The molecule has 0 fully saturated rings. The van der Waals surface area contributed by atoms with E-state index in [-0.39, 0.29) is 6.17 Å². The fourth-order valence-corrected chi connectivity index (χ4v) is 4.06. The van der Waals surface area contributed by atoms with Crippen molar-refractivity contribution in [1.82, 2.24) is 9.88 Å². The molecule has 1 aromatic heterocycles. The molecule has 0 saturated heterocycles. The van der Waals surface area contributed by atoms with Gasteiger partial charge < -0.3 is 9.80 Å². The molecule has 1 aliphatic carbocycles. The summed E-state index contributed by atoms with van der Waals surface area (Å²) >= 11 is 0. The zero-order chi connectivity index (χ0) is 30.1. The summed E-state index contributed by atoms with van der Waals surface area (Å²) < 4.78 is 0. The van der Waals surface area contributed by atoms with E-state index in [1.807, 2.05) is 46.0 Å². The van der Waals surface area contributed by atoms with Crippen molar-refractivity contribution in [3.8, 4) is 11.8 Å². The second-order valence-corrected chi connectivity index (χ2v) is 8.07. The lowest BCUT2D eigenvalue weighted by molar-refractivity contribution is 0.286. The molecule has 41 heavy (non-hydrogen) atoms. The summed E-state index contributed by atoms with van der Waals surface area (Å²) in [5.41, 5.74) is 4.28. The molecule has 1 aliphatic rings. The van der Waals surface area contributed by atoms with Gasteiger partial charge in [-0.1, -0.05) is 113 Å². The van der Waals surface area contributed by atoms with Crippen LogP contribution in [0.15, 0.2) is 146 Å². The maximum atomic E-state index is 4.84. The largest absolute Gasteiger partial charge is 0.342 e. The van der Waals surface area contributed by atoms with E-state index in [9.17, 15) is 0 Å². The first kappa shape index (κ1) is 34.5. The maximum absolute atomic E-state index is 4.84. The fraction of sp³-hybridized carbons (Fsp3) is 0.237. The summed E-state index contributed by atoms with van der Waals surface area (Å²) in [6.07, 6.45) is 18.3. The third-order valence-corrected chi connectivity index (χ3v) is 5.67. The highest BCUT2D eigenvalue weighted by Crippen LogP contribution is 2.38. The van der Waals surface area contributed by atoms with E-state index in [0.29, 0.717) is 13.0 Å². The molecule has 0 N–H and O–H groups in total. The molecule has 2 aromatic carbocycles. The molecule has 0 radical (unpaired) electrons. The van der Waals surface area contributed by atoms with Crippen LogP contribution in [0.4, 0.5) is 11.4 Å². The van der Waals surface area contributed by atoms with Gasteiger partial charge in [0.15, 0.2) is 0 Å². The second kappa shape index (κ2) is 22.3. The van der Waals surface area contributed by atoms with Crippen molar-refractivity contribution in [3.63, 3.8) is 0 Å². The minimum absolute atomic E-state index is 0.185. The van der Waals surface area contributed by atoms with Gasteiger partial charge in [-0.2, -0.15) is 0 Å². The lowest BCUT2D eigenvalue weighted by Gasteiger charge is -2.42. The molecule has 0 bridgehead atoms. The Balaban J connectivity index is 0.00000131. The fourth-order valence-electron chi connectivity index (χ4n) is 4.06. The number of allylic oxidation sites excluding steroid dienone is 6. The molecule has 214 valence electrons. The molecule has 1 heterocycles. The van der Waals surface area contributed by atoms with Crippen molar-refractivity contribution in [1.29, 1.82) is 0 Å². The van der Waals surface area contributed by atoms with Gasteiger partial charge in [0.25, 0.3) is 0 Å². The lowest BCUT2D eigenvalue weighted by atomic mass is 10.1. The zero-order valence-electron chi connectivity index (χ0n) is 25.6. The van der Waals surface area contributed by atoms with Crippen molar-refractivity contribution in [2.75, 3.05) is 11.4 Å². The van der Waals surface area contributed by atoms with Crippen LogP contribution in [0.2, 0.25) is 0 Å². The molecule has 1 atom stereocenters. The Hall–Kier alpha value is -4.55. The Morgan fingerprint density at radius 1 is 0.829 bits per heavy atom. The van der Waals surface area contributed by atoms with Gasteiger partial charge in [0.2, 0.25) is 0 Å². The van der Waals surface area contributed by atoms with Gasteiger partial charge >= 0.3 is 0 Å². The zero-order valence-corrected chi connectivity index (χ0v) is 25.6. The molecule has 1 unspecified atom stereocenters. The molecule has 3 heteroatoms. The van der Waals surface area contributed by atoms with Crippen LogP contribution in [0, 0.1) is 11.8 Å². The van der Waals surface area contributed by atoms with E-state index in [2.05, 4.69) is 151 Å². The van der Waals surface area contributed by atoms with E-state index in [4.69, 9.17) is 4.98 Å². The minimum atomic E-state index is -0.185. The Labute approximate surface area is 250 Å². The first-order chi connectivity index (χ1) is 20.4. The normalized spacial score (nSPS) is 12.1. The number of para-hydroxylation sites is 2. The number of pyridine rings is 1. The predicted molar refractivity (Wildman–Crippen MR) is 181 cm³/mol. The standard InChI is InChI=1S/C32H31N3.2C2H6.C2H4/c1-2-3-4-7-18-27-34(28-19-10-5-6-11-20-28)32(31-25-16-17-26-33-31)35(29-21-12-8-13-22-29)30-23-14-9-15-24-30;3*1-2/h3-4,7-10,12-26,32H,2,11,27H2,1H3;2*1-2H3;1-2H2/b4-3-,18-7-;;;. The summed E-state index contributed by atoms with van der Waals surface area (Å²) in [5.74, 6) is 6.31. The Kier molecular flexibility index (Phi) is 18.7. The average Bonchev–Trinajstić information content (AvgIpc) is 3.36. The van der Waals surface area contributed by atoms with Crippen LogP contribution in [0.25, 0.3) is 0 Å². The number of aromatic nitrogens is 1. The second-order valence-electron chi connectivity index (χ2n) is 8.07. The Bertz CT molecular complexity index is 1210. The number of rotatable bonds is 10. The molecular weight excluding hydrogens is 498 g/mol. The van der Waals surface area contributed by atoms with Crippen LogP contribution < -0.4 is 4.90 Å². The quantitative estimate of drug-likeness (QED) is 0.109. The lowest BCUT2D eigenvalue weighted by Crippen LogP contribution is -2.39. The summed E-state index contributed by atoms with van der Waals surface area (Å²) in [7, 11) is 0. The Morgan fingerprint density at radius 3 is 1.98 bits per heavy atom. The monoisotopic (exact) mass is 545 g/mol. The van der Waals surface area contributed by atoms with Gasteiger partial charge in [-0.15, -0.1) is 13.2 Å². The molecule has 3 aromatic rings. The van der Waals surface area contributed by atoms with Gasteiger partial charge in [0.1, 0.15) is 6.17 Å². The maximum Gasteiger partial charge on any atom is 0.150 e. The van der Waals surface area contributed by atoms with E-state index >= 15 is 0 Å². The van der Waals surface area contributed by atoms with Crippen molar-refractivity contribution in [2.45, 2.75) is 53.6 Å². The van der Waals surface area contributed by atoms with E-state index in [0.717, 1.165) is 29.2 Å². The van der Waals surface area contributed by atoms with E-state index in [1.54, 1.807) is 0 Å². The van der Waals surface area contributed by atoms with Crippen LogP contribution in [0.5, 0.6) is 0 Å². The van der Waals surface area contributed by atoms with Crippen molar-refractivity contribution in [3.05, 3.63) is 152 Å². The Morgan fingerprint density at radius 2 is 1.41 bits per heavy atom. The highest BCUT2D eigenvalue weighted by Gasteiger charge is 2.30. The summed E-state index contributed by atoms with van der Waals surface area (Å²) in [6.45, 7) is 16.9. The van der Waals surface area contributed by atoms with Gasteiger partial charge in [0.05, 0.1) is 5.69 Å². The minimum Gasteiger partial charge on any atom is -0.342 e. The van der Waals surface area contributed by atoms with Crippen LogP contribution in [0.1, 0.15) is 59.3 Å². The number of benzene rings is 2. The van der Waals surface area contributed by atoms with Crippen molar-refractivity contribution >= 4 is 11.4 Å². The van der Waals surface area contributed by atoms with Gasteiger partial charge in [-0.05, 0) is 61.0 Å². The number of nitrogens with zero attached hydrogens (tertiary/aromatic N) is 3. The van der Waals surface area contributed by atoms with Gasteiger partial charge in [0, 0.05) is 36.2 Å². The molecule has 0 saturated carbocycles. The van der Waals surface area contributed by atoms with Crippen LogP contribution in [-0.2, 0) is 0 Å². The number of hydrogen-bond donors (Lipinski definition) is 0. The number of hydrogen-bond acceptors (Lipinski definition) is 3. The highest BCUT2D eigenvalue weighted by molar-refractivity contribution is 5.64. The smallest absolute Gasteiger partial charge is 0.150 e. The number of anilines is 2. The molecule has 0 spiro atoms. The third-order valence-electron chi connectivity index (χ3n) is 5.67. The van der Waals surface area contributed by atoms with Crippen molar-refractivity contribution in [2.24, 2.45) is 0 Å². The highest BCUT2D eigenvalue weighted by atomic mass is 15.4. The van der Waals surface area contributed by atoms with Gasteiger partial charge in [-0.3, -0.25) is 4.98 Å². The average molecular weight is 546 g/mol. The summed E-state index contributed by atoms with van der Waals surface area (Å²) in [4.78, 5) is 9.60. The van der Waals surface area contributed by atoms with E-state index in [1.165, 1.54) is 0 Å². The first-order valence-corrected chi connectivity index (χ1v) is 14.6. The van der Waals surface area contributed by atoms with Gasteiger partial charge in [-0.25, -0.2) is 0 Å². The van der Waals surface area contributed by atoms with Crippen LogP contribution in [-0.4, -0.2) is 16.4 Å². The molecule has 4 rings (SSSR count).